The molecule has 3 rings (SSSR count). The fourth-order valence-corrected chi connectivity index (χ4v) is 2.70. The Morgan fingerprint density at radius 2 is 2.18 bits per heavy atom. The molecule has 1 atom stereocenters. The van der Waals surface area contributed by atoms with Crippen molar-refractivity contribution in [1.29, 1.82) is 0 Å². The van der Waals surface area contributed by atoms with E-state index >= 15 is 0 Å². The van der Waals surface area contributed by atoms with Gasteiger partial charge >= 0.3 is 5.69 Å². The number of H-pyrrole nitrogens is 2. The third-order valence-corrected chi connectivity index (χ3v) is 3.77. The normalized spacial score (nSPS) is 18.3. The number of nitrogens with one attached hydrogen (secondary N) is 4. The molecule has 116 valence electrons. The minimum atomic E-state index is -0.640. The van der Waals surface area contributed by atoms with Gasteiger partial charge in [-0.1, -0.05) is 0 Å². The van der Waals surface area contributed by atoms with Crippen LogP contribution in [0.15, 0.2) is 15.7 Å². The van der Waals surface area contributed by atoms with Crippen molar-refractivity contribution >= 4 is 16.9 Å². The summed E-state index contributed by atoms with van der Waals surface area (Å²) in [4.78, 5) is 44.2. The maximum Gasteiger partial charge on any atom is 0.327 e. The zero-order chi connectivity index (χ0) is 15.7. The lowest BCUT2D eigenvalue weighted by molar-refractivity contribution is 0.0926. The molecule has 0 radical (unpaired) electrons. The molecule has 3 heterocycles. The molecule has 8 nitrogen and oxygen atoms in total. The van der Waals surface area contributed by atoms with E-state index in [1.54, 1.807) is 13.0 Å². The van der Waals surface area contributed by atoms with E-state index < -0.39 is 11.2 Å². The molecule has 1 aliphatic heterocycles. The molecule has 1 aliphatic rings. The summed E-state index contributed by atoms with van der Waals surface area (Å²) < 4.78 is 0. The zero-order valence-corrected chi connectivity index (χ0v) is 12.2. The van der Waals surface area contributed by atoms with Crippen LogP contribution in [0, 0.1) is 6.92 Å². The largest absolute Gasteiger partial charge is 0.347 e. The van der Waals surface area contributed by atoms with Crippen LogP contribution in [0.4, 0.5) is 0 Å². The van der Waals surface area contributed by atoms with Crippen molar-refractivity contribution in [3.63, 3.8) is 0 Å². The summed E-state index contributed by atoms with van der Waals surface area (Å²) >= 11 is 0. The number of piperidine rings is 1. The Labute approximate surface area is 125 Å². The van der Waals surface area contributed by atoms with Crippen molar-refractivity contribution in [3.05, 3.63) is 38.2 Å². The average molecular weight is 303 g/mol. The fraction of sp³-hybridized carbons (Fsp3) is 0.429. The molecule has 0 spiro atoms. The highest BCUT2D eigenvalue weighted by molar-refractivity contribution is 5.95. The first-order chi connectivity index (χ1) is 10.5. The highest BCUT2D eigenvalue weighted by Gasteiger charge is 2.18. The molecular formula is C14H17N5O3. The van der Waals surface area contributed by atoms with Crippen LogP contribution in [0.1, 0.15) is 28.9 Å². The van der Waals surface area contributed by atoms with E-state index in [2.05, 4.69) is 25.6 Å². The van der Waals surface area contributed by atoms with Gasteiger partial charge in [0.25, 0.3) is 11.5 Å². The lowest BCUT2D eigenvalue weighted by Crippen LogP contribution is -2.45. The highest BCUT2D eigenvalue weighted by Crippen LogP contribution is 2.11. The molecule has 2 aromatic heterocycles. The lowest BCUT2D eigenvalue weighted by Gasteiger charge is -2.23. The van der Waals surface area contributed by atoms with E-state index in [-0.39, 0.29) is 28.7 Å². The molecule has 0 aliphatic carbocycles. The molecule has 0 saturated carbocycles. The van der Waals surface area contributed by atoms with Crippen molar-refractivity contribution in [2.24, 2.45) is 0 Å². The van der Waals surface area contributed by atoms with Crippen LogP contribution in [0.2, 0.25) is 0 Å². The number of carbonyl (C=O) groups excluding carboxylic acids is 1. The van der Waals surface area contributed by atoms with E-state index in [1.165, 1.54) is 0 Å². The maximum absolute atomic E-state index is 12.3. The van der Waals surface area contributed by atoms with E-state index in [0.717, 1.165) is 25.9 Å². The first-order valence-electron chi connectivity index (χ1n) is 7.20. The summed E-state index contributed by atoms with van der Waals surface area (Å²) in [7, 11) is 0. The Bertz CT molecular complexity index is 832. The quantitative estimate of drug-likeness (QED) is 0.590. The van der Waals surface area contributed by atoms with Crippen molar-refractivity contribution in [3.8, 4) is 0 Å². The number of aryl methyl sites for hydroxylation is 1. The molecule has 1 unspecified atom stereocenters. The number of rotatable bonds is 2. The molecule has 1 amide bonds. The summed E-state index contributed by atoms with van der Waals surface area (Å²) in [6.45, 7) is 3.40. The summed E-state index contributed by atoms with van der Waals surface area (Å²) in [6, 6.07) is 1.62. The Morgan fingerprint density at radius 1 is 1.36 bits per heavy atom. The minimum Gasteiger partial charge on any atom is -0.347 e. The van der Waals surface area contributed by atoms with Crippen LogP contribution in [-0.4, -0.2) is 40.0 Å². The number of fused-ring (bicyclic) bond motifs is 1. The van der Waals surface area contributed by atoms with Gasteiger partial charge in [0.05, 0.1) is 5.39 Å². The van der Waals surface area contributed by atoms with Crippen LogP contribution < -0.4 is 21.9 Å². The fourth-order valence-electron chi connectivity index (χ4n) is 2.70. The Balaban J connectivity index is 1.95. The van der Waals surface area contributed by atoms with Crippen molar-refractivity contribution in [1.82, 2.24) is 25.6 Å². The zero-order valence-electron chi connectivity index (χ0n) is 12.2. The SMILES string of the molecule is Cc1cc(C(=O)NC2CCCNC2)nc2[nH]c(=O)[nH]c(=O)c12. The van der Waals surface area contributed by atoms with Gasteiger partial charge in [-0.05, 0) is 37.9 Å². The topological polar surface area (TPSA) is 120 Å². The van der Waals surface area contributed by atoms with E-state index in [0.29, 0.717) is 5.56 Å². The van der Waals surface area contributed by atoms with Gasteiger partial charge in [0.2, 0.25) is 0 Å². The van der Waals surface area contributed by atoms with Crippen LogP contribution in [0.3, 0.4) is 0 Å². The second kappa shape index (κ2) is 5.72. The van der Waals surface area contributed by atoms with E-state index in [9.17, 15) is 14.4 Å². The van der Waals surface area contributed by atoms with Crippen LogP contribution >= 0.6 is 0 Å². The van der Waals surface area contributed by atoms with Crippen molar-refractivity contribution < 1.29 is 4.79 Å². The predicted octanol–water partition coefficient (Wildman–Crippen LogP) is -0.598. The molecule has 0 aromatic carbocycles. The van der Waals surface area contributed by atoms with Crippen LogP contribution in [-0.2, 0) is 0 Å². The van der Waals surface area contributed by atoms with Crippen LogP contribution in [0.5, 0.6) is 0 Å². The lowest BCUT2D eigenvalue weighted by atomic mass is 10.1. The van der Waals surface area contributed by atoms with Gasteiger partial charge in [0.15, 0.2) is 0 Å². The Kier molecular flexibility index (Phi) is 3.76. The van der Waals surface area contributed by atoms with Gasteiger partial charge in [-0.2, -0.15) is 0 Å². The second-order valence-corrected chi connectivity index (χ2v) is 5.47. The molecule has 0 bridgehead atoms. The van der Waals surface area contributed by atoms with E-state index in [1.807, 2.05) is 0 Å². The number of carbonyl (C=O) groups is 1. The number of aromatic nitrogens is 3. The molecular weight excluding hydrogens is 286 g/mol. The van der Waals surface area contributed by atoms with Gasteiger partial charge in [-0.15, -0.1) is 0 Å². The monoisotopic (exact) mass is 303 g/mol. The number of nitrogens with zero attached hydrogens (tertiary/aromatic N) is 1. The van der Waals surface area contributed by atoms with Crippen molar-refractivity contribution in [2.75, 3.05) is 13.1 Å². The van der Waals surface area contributed by atoms with Gasteiger partial charge in [0, 0.05) is 12.6 Å². The molecule has 1 fully saturated rings. The summed E-state index contributed by atoms with van der Waals surface area (Å²) in [5, 5.41) is 6.42. The molecule has 1 saturated heterocycles. The predicted molar refractivity (Wildman–Crippen MR) is 81.1 cm³/mol. The first kappa shape index (κ1) is 14.5. The third-order valence-electron chi connectivity index (χ3n) is 3.77. The number of hydrogen-bond acceptors (Lipinski definition) is 5. The molecule has 22 heavy (non-hydrogen) atoms. The maximum atomic E-state index is 12.3. The standard InChI is InChI=1S/C14H17N5O3/c1-7-5-9(12(20)16-8-3-2-4-15-6-8)17-11-10(7)13(21)19-14(22)18-11/h5,8,15H,2-4,6H2,1H3,(H,16,20)(H2,17,18,19,21,22). The smallest absolute Gasteiger partial charge is 0.327 e. The minimum absolute atomic E-state index is 0.0669. The van der Waals surface area contributed by atoms with Gasteiger partial charge < -0.3 is 10.6 Å². The molecule has 8 heteroatoms. The number of hydrogen-bond donors (Lipinski definition) is 4. The van der Waals surface area contributed by atoms with Gasteiger partial charge in [-0.25, -0.2) is 9.78 Å². The van der Waals surface area contributed by atoms with Crippen LogP contribution in [0.25, 0.3) is 11.0 Å². The Hall–Kier alpha value is -2.48. The third kappa shape index (κ3) is 2.77. The molecule has 4 N–H and O–H groups in total. The second-order valence-electron chi connectivity index (χ2n) is 5.47. The van der Waals surface area contributed by atoms with E-state index in [4.69, 9.17) is 0 Å². The summed E-state index contributed by atoms with van der Waals surface area (Å²) in [6.07, 6.45) is 1.93. The first-order valence-corrected chi connectivity index (χ1v) is 7.20. The van der Waals surface area contributed by atoms with Gasteiger partial charge in [0.1, 0.15) is 11.3 Å². The van der Waals surface area contributed by atoms with Gasteiger partial charge in [-0.3, -0.25) is 19.6 Å². The highest BCUT2D eigenvalue weighted by atomic mass is 16.2. The van der Waals surface area contributed by atoms with Crippen molar-refractivity contribution in [2.45, 2.75) is 25.8 Å². The summed E-state index contributed by atoms with van der Waals surface area (Å²) in [5.41, 5.74) is -0.238. The number of aromatic amines is 2. The summed E-state index contributed by atoms with van der Waals surface area (Å²) in [5.74, 6) is -0.306. The average Bonchev–Trinajstić information content (AvgIpc) is 2.47. The Morgan fingerprint density at radius 3 is 2.91 bits per heavy atom. The number of amides is 1. The molecule has 2 aromatic rings. The number of pyridine rings is 1.